The van der Waals surface area contributed by atoms with Crippen LogP contribution in [0.3, 0.4) is 0 Å². The molecule has 0 aromatic carbocycles. The fraction of sp³-hybridized carbons (Fsp3) is 0.950. The molecule has 0 rings (SSSR count). The standard InChI is InChI=1S/C12H24O2.2C4H10O3/c1-2-3-4-5-6-7-8-9-10-11-12(13)14;2*1-2-3-4(5,6)7/h2-11H2,1H3,(H,13,14);2*5-7H,2-3H2,1H3. The van der Waals surface area contributed by atoms with Crippen LogP contribution in [-0.2, 0) is 4.79 Å². The Bertz CT molecular complexity index is 305. The lowest BCUT2D eigenvalue weighted by atomic mass is 10.1. The summed E-state index contributed by atoms with van der Waals surface area (Å²) in [5, 5.41) is 57.2. The van der Waals surface area contributed by atoms with Crippen molar-refractivity contribution < 1.29 is 40.5 Å². The van der Waals surface area contributed by atoms with Crippen molar-refractivity contribution in [2.45, 2.75) is 123 Å². The third kappa shape index (κ3) is 44.6. The van der Waals surface area contributed by atoms with Crippen molar-refractivity contribution in [3.63, 3.8) is 0 Å². The second-order valence-corrected chi connectivity index (χ2v) is 7.02. The molecule has 0 saturated carbocycles. The van der Waals surface area contributed by atoms with Gasteiger partial charge in [0.05, 0.1) is 0 Å². The molecule has 0 saturated heterocycles. The zero-order valence-electron chi connectivity index (χ0n) is 17.9. The van der Waals surface area contributed by atoms with Gasteiger partial charge in [-0.05, 0) is 19.3 Å². The third-order valence-corrected chi connectivity index (χ3v) is 3.67. The molecule has 0 bridgehead atoms. The predicted octanol–water partition coefficient (Wildman–Crippen LogP) is 2.83. The summed E-state index contributed by atoms with van der Waals surface area (Å²) in [6.45, 7) is 5.72. The number of unbranched alkanes of at least 4 members (excludes halogenated alkanes) is 8. The lowest BCUT2D eigenvalue weighted by molar-refractivity contribution is -0.315. The zero-order valence-corrected chi connectivity index (χ0v) is 17.9. The van der Waals surface area contributed by atoms with Gasteiger partial charge in [-0.2, -0.15) is 0 Å². The average molecular weight is 413 g/mol. The molecule has 0 radical (unpaired) electrons. The number of hydrogen-bond acceptors (Lipinski definition) is 7. The van der Waals surface area contributed by atoms with E-state index in [1.807, 2.05) is 0 Å². The molecule has 28 heavy (non-hydrogen) atoms. The molecular weight excluding hydrogens is 368 g/mol. The Morgan fingerprint density at radius 1 is 0.571 bits per heavy atom. The molecule has 0 unspecified atom stereocenters. The molecule has 0 heterocycles. The summed E-state index contributed by atoms with van der Waals surface area (Å²) in [4.78, 5) is 10.2. The molecule has 8 nitrogen and oxygen atoms in total. The number of carbonyl (C=O) groups is 1. The lowest BCUT2D eigenvalue weighted by Crippen LogP contribution is -2.26. The summed E-state index contributed by atoms with van der Waals surface area (Å²) in [6, 6.07) is 0. The maximum Gasteiger partial charge on any atom is 0.303 e. The molecule has 7 N–H and O–H groups in total. The van der Waals surface area contributed by atoms with Gasteiger partial charge in [-0.1, -0.05) is 72.1 Å². The molecular formula is C20H44O8. The lowest BCUT2D eigenvalue weighted by Gasteiger charge is -2.10. The topological polar surface area (TPSA) is 159 Å². The SMILES string of the molecule is CCCC(O)(O)O.CCCC(O)(O)O.CCCCCCCCCCCC(=O)O. The first kappa shape index (κ1) is 31.9. The van der Waals surface area contributed by atoms with Crippen molar-refractivity contribution in [2.24, 2.45) is 0 Å². The average Bonchev–Trinajstić information content (AvgIpc) is 2.52. The van der Waals surface area contributed by atoms with E-state index in [0.717, 1.165) is 12.8 Å². The molecule has 8 heteroatoms. The van der Waals surface area contributed by atoms with Gasteiger partial charge in [0.2, 0.25) is 0 Å². The highest BCUT2D eigenvalue weighted by atomic mass is 16.7. The highest BCUT2D eigenvalue weighted by Crippen LogP contribution is 2.10. The maximum absolute atomic E-state index is 10.2. The van der Waals surface area contributed by atoms with E-state index in [0.29, 0.717) is 19.3 Å². The van der Waals surface area contributed by atoms with Crippen molar-refractivity contribution in [1.82, 2.24) is 0 Å². The van der Waals surface area contributed by atoms with Crippen LogP contribution in [-0.4, -0.2) is 53.7 Å². The van der Waals surface area contributed by atoms with Crippen LogP contribution in [0.5, 0.6) is 0 Å². The Kier molecular flexibility index (Phi) is 23.9. The molecule has 0 fully saturated rings. The van der Waals surface area contributed by atoms with Gasteiger partial charge < -0.3 is 35.7 Å². The van der Waals surface area contributed by atoms with Crippen LogP contribution >= 0.6 is 0 Å². The summed E-state index contributed by atoms with van der Waals surface area (Å²) in [5.41, 5.74) is 0. The molecule has 0 amide bonds. The van der Waals surface area contributed by atoms with Gasteiger partial charge in [0.1, 0.15) is 0 Å². The molecule has 172 valence electrons. The molecule has 0 aliphatic rings. The van der Waals surface area contributed by atoms with E-state index in [1.165, 1.54) is 44.9 Å². The van der Waals surface area contributed by atoms with Gasteiger partial charge in [0.25, 0.3) is 11.9 Å². The van der Waals surface area contributed by atoms with Gasteiger partial charge in [0, 0.05) is 19.3 Å². The molecule has 0 aliphatic carbocycles. The van der Waals surface area contributed by atoms with E-state index in [2.05, 4.69) is 6.92 Å². The summed E-state index contributed by atoms with van der Waals surface area (Å²) < 4.78 is 0. The van der Waals surface area contributed by atoms with Gasteiger partial charge >= 0.3 is 5.97 Å². The third-order valence-electron chi connectivity index (χ3n) is 3.67. The number of aliphatic carboxylic acids is 1. The molecule has 0 aromatic heterocycles. The number of carboxylic acids is 1. The van der Waals surface area contributed by atoms with Gasteiger partial charge in [-0.25, -0.2) is 0 Å². The highest BCUT2D eigenvalue weighted by Gasteiger charge is 2.15. The number of rotatable bonds is 14. The van der Waals surface area contributed by atoms with Gasteiger partial charge in [0.15, 0.2) is 0 Å². The van der Waals surface area contributed by atoms with E-state index in [1.54, 1.807) is 13.8 Å². The molecule has 0 aliphatic heterocycles. The summed E-state index contributed by atoms with van der Waals surface area (Å²) >= 11 is 0. The largest absolute Gasteiger partial charge is 0.481 e. The van der Waals surface area contributed by atoms with Crippen LogP contribution in [0.2, 0.25) is 0 Å². The fourth-order valence-corrected chi connectivity index (χ4v) is 2.26. The van der Waals surface area contributed by atoms with Crippen LogP contribution in [0.25, 0.3) is 0 Å². The summed E-state index contributed by atoms with van der Waals surface area (Å²) in [5.74, 6) is -5.56. The molecule has 0 atom stereocenters. The number of carboxylic acid groups (broad SMARTS) is 1. The van der Waals surface area contributed by atoms with E-state index >= 15 is 0 Å². The van der Waals surface area contributed by atoms with E-state index < -0.39 is 17.9 Å². The second-order valence-electron chi connectivity index (χ2n) is 7.02. The van der Waals surface area contributed by atoms with Crippen molar-refractivity contribution in [2.75, 3.05) is 0 Å². The monoisotopic (exact) mass is 412 g/mol. The van der Waals surface area contributed by atoms with Crippen LogP contribution in [0.15, 0.2) is 0 Å². The predicted molar refractivity (Wildman–Crippen MR) is 108 cm³/mol. The van der Waals surface area contributed by atoms with Crippen molar-refractivity contribution in [1.29, 1.82) is 0 Å². The van der Waals surface area contributed by atoms with Gasteiger partial charge in [-0.15, -0.1) is 0 Å². The Labute approximate surface area is 169 Å². The Morgan fingerprint density at radius 3 is 1.11 bits per heavy atom. The van der Waals surface area contributed by atoms with E-state index in [4.69, 9.17) is 35.7 Å². The van der Waals surface area contributed by atoms with Crippen LogP contribution in [0.1, 0.15) is 111 Å². The van der Waals surface area contributed by atoms with Crippen LogP contribution < -0.4 is 0 Å². The zero-order chi connectivity index (χ0) is 22.5. The quantitative estimate of drug-likeness (QED) is 0.169. The van der Waals surface area contributed by atoms with Crippen LogP contribution in [0, 0.1) is 0 Å². The Hall–Kier alpha value is -0.770. The van der Waals surface area contributed by atoms with Crippen molar-refractivity contribution in [3.8, 4) is 0 Å². The minimum Gasteiger partial charge on any atom is -0.481 e. The fourth-order valence-electron chi connectivity index (χ4n) is 2.26. The molecule has 0 spiro atoms. The maximum atomic E-state index is 10.2. The normalized spacial score (nSPS) is 11.2. The van der Waals surface area contributed by atoms with Crippen molar-refractivity contribution >= 4 is 5.97 Å². The van der Waals surface area contributed by atoms with Crippen molar-refractivity contribution in [3.05, 3.63) is 0 Å². The molecule has 0 aromatic rings. The second kappa shape index (κ2) is 21.0. The van der Waals surface area contributed by atoms with Gasteiger partial charge in [-0.3, -0.25) is 4.79 Å². The first-order valence-corrected chi connectivity index (χ1v) is 10.5. The highest BCUT2D eigenvalue weighted by molar-refractivity contribution is 5.66. The Morgan fingerprint density at radius 2 is 0.893 bits per heavy atom. The summed E-state index contributed by atoms with van der Waals surface area (Å²) in [7, 11) is 0. The smallest absolute Gasteiger partial charge is 0.303 e. The van der Waals surface area contributed by atoms with E-state index in [-0.39, 0.29) is 12.8 Å². The first-order valence-electron chi connectivity index (χ1n) is 10.5. The minimum absolute atomic E-state index is 0.00694. The Balaban J connectivity index is -0.000000375. The minimum atomic E-state index is -2.45. The first-order chi connectivity index (χ1) is 12.9. The number of aliphatic hydroxyl groups is 6. The van der Waals surface area contributed by atoms with Crippen LogP contribution in [0.4, 0.5) is 0 Å². The van der Waals surface area contributed by atoms with E-state index in [9.17, 15) is 4.79 Å². The summed E-state index contributed by atoms with van der Waals surface area (Å²) in [6.07, 6.45) is 12.6. The number of hydrogen-bond donors (Lipinski definition) is 7.